The van der Waals surface area contributed by atoms with Crippen molar-refractivity contribution in [2.75, 3.05) is 18.4 Å². The van der Waals surface area contributed by atoms with Gasteiger partial charge in [-0.05, 0) is 67.1 Å². The Morgan fingerprint density at radius 2 is 2.23 bits per heavy atom. The average molecular weight is 436 g/mol. The summed E-state index contributed by atoms with van der Waals surface area (Å²) in [6, 6.07) is 10.4. The Labute approximate surface area is 186 Å². The van der Waals surface area contributed by atoms with E-state index >= 15 is 0 Å². The molecule has 7 heteroatoms. The second-order valence-corrected chi connectivity index (χ2v) is 8.93. The first-order valence-corrected chi connectivity index (χ1v) is 11.3. The van der Waals surface area contributed by atoms with Gasteiger partial charge in [-0.25, -0.2) is 0 Å². The van der Waals surface area contributed by atoms with Crippen LogP contribution in [0.3, 0.4) is 0 Å². The van der Waals surface area contributed by atoms with Crippen LogP contribution >= 0.6 is 11.6 Å². The predicted molar refractivity (Wildman–Crippen MR) is 123 cm³/mol. The third kappa shape index (κ3) is 3.98. The number of benzene rings is 1. The van der Waals surface area contributed by atoms with E-state index in [1.807, 2.05) is 0 Å². The minimum Gasteiger partial charge on any atom is -0.361 e. The van der Waals surface area contributed by atoms with E-state index in [0.717, 1.165) is 32.4 Å². The molecular weight excluding hydrogens is 410 g/mol. The number of nitrogens with zero attached hydrogens (tertiary/aromatic N) is 3. The Kier molecular flexibility index (Phi) is 5.50. The Hall–Kier alpha value is -2.70. The highest BCUT2D eigenvalue weighted by atomic mass is 35.5. The third-order valence-electron chi connectivity index (χ3n) is 6.52. The predicted octanol–water partition coefficient (Wildman–Crippen LogP) is 4.55. The summed E-state index contributed by atoms with van der Waals surface area (Å²) >= 11 is 5.75. The number of carbonyl (C=O) groups is 1. The summed E-state index contributed by atoms with van der Waals surface area (Å²) in [6.07, 6.45) is 9.15. The summed E-state index contributed by atoms with van der Waals surface area (Å²) in [5.41, 5.74) is 4.12. The first kappa shape index (κ1) is 20.2. The minimum atomic E-state index is -0.195. The van der Waals surface area contributed by atoms with Crippen molar-refractivity contribution in [3.63, 3.8) is 0 Å². The number of hydrogen-bond acceptors (Lipinski definition) is 4. The maximum atomic E-state index is 12.4. The highest BCUT2D eigenvalue weighted by Crippen LogP contribution is 2.45. The van der Waals surface area contributed by atoms with Crippen molar-refractivity contribution >= 4 is 34.2 Å². The number of amides is 1. The van der Waals surface area contributed by atoms with E-state index in [2.05, 4.69) is 62.8 Å². The van der Waals surface area contributed by atoms with Gasteiger partial charge in [0.2, 0.25) is 5.91 Å². The van der Waals surface area contributed by atoms with Crippen LogP contribution in [0.5, 0.6) is 0 Å². The average Bonchev–Trinajstić information content (AvgIpc) is 3.19. The number of fused-ring (bicyclic) bond motifs is 2. The molecule has 1 unspecified atom stereocenters. The number of aromatic nitrogens is 3. The van der Waals surface area contributed by atoms with Crippen LogP contribution in [0.4, 0.5) is 5.82 Å². The maximum absolute atomic E-state index is 12.4. The molecule has 3 heterocycles. The lowest BCUT2D eigenvalue weighted by molar-refractivity contribution is -0.112. The quantitative estimate of drug-likeness (QED) is 0.577. The maximum Gasteiger partial charge on any atom is 0.249 e. The molecule has 0 saturated carbocycles. The molecule has 1 saturated heterocycles. The number of nitrogens with one attached hydrogen (secondary N) is 2. The first-order chi connectivity index (χ1) is 15.1. The van der Waals surface area contributed by atoms with Gasteiger partial charge in [0.25, 0.3) is 0 Å². The van der Waals surface area contributed by atoms with Crippen LogP contribution in [-0.4, -0.2) is 45.1 Å². The van der Waals surface area contributed by atoms with Gasteiger partial charge >= 0.3 is 0 Å². The Balaban J connectivity index is 1.36. The van der Waals surface area contributed by atoms with E-state index in [0.29, 0.717) is 28.8 Å². The molecule has 0 radical (unpaired) electrons. The molecule has 1 fully saturated rings. The molecule has 5 rings (SSSR count). The van der Waals surface area contributed by atoms with Gasteiger partial charge in [-0.2, -0.15) is 0 Å². The molecule has 1 aromatic carbocycles. The van der Waals surface area contributed by atoms with Crippen molar-refractivity contribution in [2.24, 2.45) is 5.92 Å². The molecule has 31 heavy (non-hydrogen) atoms. The van der Waals surface area contributed by atoms with Gasteiger partial charge < -0.3 is 10.3 Å². The zero-order valence-corrected chi connectivity index (χ0v) is 18.3. The minimum absolute atomic E-state index is 0.195. The smallest absolute Gasteiger partial charge is 0.249 e. The van der Waals surface area contributed by atoms with E-state index in [1.54, 1.807) is 18.2 Å². The highest BCUT2D eigenvalue weighted by Gasteiger charge is 2.39. The van der Waals surface area contributed by atoms with Gasteiger partial charge in [0.05, 0.1) is 0 Å². The van der Waals surface area contributed by atoms with Crippen molar-refractivity contribution in [1.29, 1.82) is 0 Å². The van der Waals surface area contributed by atoms with E-state index in [4.69, 9.17) is 11.6 Å². The van der Waals surface area contributed by atoms with Gasteiger partial charge in [0.1, 0.15) is 0 Å². The van der Waals surface area contributed by atoms with Crippen LogP contribution in [0.25, 0.3) is 10.9 Å². The molecule has 1 amide bonds. The number of likely N-dealkylation sites (tertiary alicyclic amines) is 1. The van der Waals surface area contributed by atoms with Crippen molar-refractivity contribution in [1.82, 2.24) is 20.1 Å². The summed E-state index contributed by atoms with van der Waals surface area (Å²) < 4.78 is 0. The standard InChI is InChI=1S/C24H26ClN5O/c1-2-10-30-14-15(6-9-23(31)27-22-8-7-21(25)28-29-22)11-18-17-4-3-5-19-24(17)16(13-26-19)12-20(18)30/h3-9,13,15,18,20,26H,2,10-12,14H2,1H3,(H,27,29,31)/b9-6+/t15-,18?,20-/m1/s1. The molecule has 1 aliphatic carbocycles. The van der Waals surface area contributed by atoms with Gasteiger partial charge in [-0.1, -0.05) is 36.7 Å². The summed E-state index contributed by atoms with van der Waals surface area (Å²) in [5.74, 6) is 1.01. The molecule has 160 valence electrons. The number of hydrogen-bond donors (Lipinski definition) is 2. The number of piperidine rings is 1. The van der Waals surface area contributed by atoms with Crippen LogP contribution < -0.4 is 5.32 Å². The fraction of sp³-hybridized carbons (Fsp3) is 0.375. The van der Waals surface area contributed by atoms with Crippen molar-refractivity contribution in [3.8, 4) is 0 Å². The fourth-order valence-corrected chi connectivity index (χ4v) is 5.39. The highest BCUT2D eigenvalue weighted by molar-refractivity contribution is 6.29. The zero-order valence-electron chi connectivity index (χ0n) is 17.5. The first-order valence-electron chi connectivity index (χ1n) is 10.9. The number of aromatic amines is 1. The Morgan fingerprint density at radius 3 is 3.03 bits per heavy atom. The summed E-state index contributed by atoms with van der Waals surface area (Å²) in [4.78, 5) is 18.5. The summed E-state index contributed by atoms with van der Waals surface area (Å²) in [7, 11) is 0. The summed E-state index contributed by atoms with van der Waals surface area (Å²) in [6.45, 7) is 4.30. The van der Waals surface area contributed by atoms with Crippen LogP contribution in [-0.2, 0) is 11.2 Å². The molecular formula is C24H26ClN5O. The van der Waals surface area contributed by atoms with Crippen LogP contribution in [0, 0.1) is 5.92 Å². The monoisotopic (exact) mass is 435 g/mol. The molecule has 2 aliphatic rings. The van der Waals surface area contributed by atoms with E-state index in [-0.39, 0.29) is 5.91 Å². The molecule has 3 atom stereocenters. The number of carbonyl (C=O) groups excluding carboxylic acids is 1. The molecule has 3 aromatic rings. The van der Waals surface area contributed by atoms with E-state index in [9.17, 15) is 4.79 Å². The largest absolute Gasteiger partial charge is 0.361 e. The van der Waals surface area contributed by atoms with Gasteiger partial charge in [0.15, 0.2) is 11.0 Å². The number of halogens is 1. The van der Waals surface area contributed by atoms with Crippen LogP contribution in [0.1, 0.15) is 36.8 Å². The van der Waals surface area contributed by atoms with Crippen LogP contribution in [0.15, 0.2) is 48.7 Å². The van der Waals surface area contributed by atoms with Crippen LogP contribution in [0.2, 0.25) is 5.15 Å². The lowest BCUT2D eigenvalue weighted by atomic mass is 9.72. The Morgan fingerprint density at radius 1 is 1.32 bits per heavy atom. The molecule has 6 nitrogen and oxygen atoms in total. The number of H-pyrrole nitrogens is 1. The molecule has 1 aliphatic heterocycles. The second-order valence-electron chi connectivity index (χ2n) is 8.54. The SMILES string of the molecule is CCCN1C[C@H](/C=C/C(=O)Nc2ccc(Cl)nn2)CC2c3cccc4[nH]cc(c34)C[C@H]21. The number of anilines is 1. The Bertz CT molecular complexity index is 1120. The van der Waals surface area contributed by atoms with Crippen molar-refractivity contribution < 1.29 is 4.79 Å². The lowest BCUT2D eigenvalue weighted by Gasteiger charge is -2.46. The van der Waals surface area contributed by atoms with E-state index in [1.165, 1.54) is 22.0 Å². The molecule has 2 N–H and O–H groups in total. The van der Waals surface area contributed by atoms with Crippen molar-refractivity contribution in [3.05, 3.63) is 65.0 Å². The fourth-order valence-electron chi connectivity index (χ4n) is 5.29. The lowest BCUT2D eigenvalue weighted by Crippen LogP contribution is -2.49. The topological polar surface area (TPSA) is 73.9 Å². The normalized spacial score (nSPS) is 23.2. The third-order valence-corrected chi connectivity index (χ3v) is 6.72. The van der Waals surface area contributed by atoms with Gasteiger partial charge in [0, 0.05) is 35.6 Å². The zero-order chi connectivity index (χ0) is 21.4. The molecule has 0 spiro atoms. The molecule has 2 aromatic heterocycles. The van der Waals surface area contributed by atoms with Gasteiger partial charge in [-0.15, -0.1) is 10.2 Å². The van der Waals surface area contributed by atoms with Gasteiger partial charge in [-0.3, -0.25) is 9.69 Å². The van der Waals surface area contributed by atoms with Crippen molar-refractivity contribution in [2.45, 2.75) is 38.1 Å². The summed E-state index contributed by atoms with van der Waals surface area (Å²) in [5, 5.41) is 12.1. The van der Waals surface area contributed by atoms with E-state index < -0.39 is 0 Å². The second kappa shape index (κ2) is 8.44. The molecule has 0 bridgehead atoms. The number of rotatable bonds is 5.